The Hall–Kier alpha value is -0.570. The van der Waals surface area contributed by atoms with Crippen molar-refractivity contribution in [2.45, 2.75) is 38.7 Å². The number of epoxide rings is 1. The zero-order valence-electron chi connectivity index (χ0n) is 7.38. The number of rotatable bonds is 6. The summed E-state index contributed by atoms with van der Waals surface area (Å²) < 4.78 is 4.98. The molecule has 1 aliphatic rings. The van der Waals surface area contributed by atoms with Crippen LogP contribution in [0, 0.1) is 5.92 Å². The normalized spacial score (nSPS) is 21.3. The van der Waals surface area contributed by atoms with Crippen molar-refractivity contribution in [3.8, 4) is 0 Å². The Morgan fingerprint density at radius 1 is 1.67 bits per heavy atom. The van der Waals surface area contributed by atoms with Crippen LogP contribution in [0.1, 0.15) is 32.6 Å². The van der Waals surface area contributed by atoms with Crippen molar-refractivity contribution < 1.29 is 14.6 Å². The van der Waals surface area contributed by atoms with E-state index in [1.54, 1.807) is 0 Å². The SMILES string of the molecule is CCCC[C](CC1CO1)C(=O)O. The maximum absolute atomic E-state index is 10.7. The first-order valence-electron chi connectivity index (χ1n) is 4.43. The van der Waals surface area contributed by atoms with E-state index in [1.807, 2.05) is 0 Å². The summed E-state index contributed by atoms with van der Waals surface area (Å²) in [7, 11) is 0. The topological polar surface area (TPSA) is 49.8 Å². The zero-order valence-corrected chi connectivity index (χ0v) is 7.38. The van der Waals surface area contributed by atoms with E-state index in [0.29, 0.717) is 18.8 Å². The van der Waals surface area contributed by atoms with Gasteiger partial charge in [0.1, 0.15) is 0 Å². The molecule has 1 radical (unpaired) electrons. The van der Waals surface area contributed by atoms with Crippen LogP contribution in [0.25, 0.3) is 0 Å². The van der Waals surface area contributed by atoms with Crippen LogP contribution in [-0.4, -0.2) is 23.8 Å². The van der Waals surface area contributed by atoms with Crippen molar-refractivity contribution in [3.05, 3.63) is 5.92 Å². The maximum atomic E-state index is 10.7. The van der Waals surface area contributed by atoms with Crippen molar-refractivity contribution in [2.75, 3.05) is 6.61 Å². The van der Waals surface area contributed by atoms with Crippen molar-refractivity contribution >= 4 is 5.97 Å². The molecule has 0 aliphatic carbocycles. The van der Waals surface area contributed by atoms with E-state index in [4.69, 9.17) is 9.84 Å². The molecule has 1 heterocycles. The van der Waals surface area contributed by atoms with Gasteiger partial charge in [-0.2, -0.15) is 0 Å². The molecule has 1 unspecified atom stereocenters. The molecule has 0 saturated carbocycles. The standard InChI is InChI=1S/C9H15O3/c1-2-3-4-7(9(10)11)5-8-6-12-8/h8H,2-6H2,1H3,(H,10,11). The van der Waals surface area contributed by atoms with E-state index in [2.05, 4.69) is 6.92 Å². The lowest BCUT2D eigenvalue weighted by Crippen LogP contribution is -2.13. The summed E-state index contributed by atoms with van der Waals surface area (Å²) in [6.45, 7) is 2.80. The third kappa shape index (κ3) is 3.22. The number of carboxylic acids is 1. The van der Waals surface area contributed by atoms with E-state index in [0.717, 1.165) is 19.4 Å². The summed E-state index contributed by atoms with van der Waals surface area (Å²) in [6.07, 6.45) is 3.55. The Labute approximate surface area is 72.7 Å². The lowest BCUT2D eigenvalue weighted by molar-refractivity contribution is -0.135. The molecule has 12 heavy (non-hydrogen) atoms. The monoisotopic (exact) mass is 171 g/mol. The minimum atomic E-state index is -0.751. The molecule has 3 nitrogen and oxygen atoms in total. The Kier molecular flexibility index (Phi) is 3.53. The minimum absolute atomic E-state index is 0.202. The van der Waals surface area contributed by atoms with Crippen LogP contribution < -0.4 is 0 Å². The molecule has 3 heteroatoms. The molecule has 0 spiro atoms. The first-order valence-corrected chi connectivity index (χ1v) is 4.43. The summed E-state index contributed by atoms with van der Waals surface area (Å²) >= 11 is 0. The van der Waals surface area contributed by atoms with Gasteiger partial charge in [-0.15, -0.1) is 0 Å². The summed E-state index contributed by atoms with van der Waals surface area (Å²) in [6, 6.07) is 0. The van der Waals surface area contributed by atoms with E-state index in [1.165, 1.54) is 0 Å². The summed E-state index contributed by atoms with van der Waals surface area (Å²) in [5, 5.41) is 8.78. The molecule has 1 fully saturated rings. The van der Waals surface area contributed by atoms with Gasteiger partial charge in [0.2, 0.25) is 0 Å². The van der Waals surface area contributed by atoms with Crippen LogP contribution in [0.4, 0.5) is 0 Å². The van der Waals surface area contributed by atoms with Crippen LogP contribution in [0.5, 0.6) is 0 Å². The van der Waals surface area contributed by atoms with Gasteiger partial charge in [-0.05, 0) is 12.8 Å². The summed E-state index contributed by atoms with van der Waals surface area (Å²) in [5.74, 6) is -0.127. The number of unbranched alkanes of at least 4 members (excludes halogenated alkanes) is 1. The molecular weight excluding hydrogens is 156 g/mol. The predicted octanol–water partition coefficient (Wildman–Crippen LogP) is 1.62. The second-order valence-electron chi connectivity index (χ2n) is 3.17. The molecule has 1 rings (SSSR count). The predicted molar refractivity (Wildman–Crippen MR) is 44.8 cm³/mol. The highest BCUT2D eigenvalue weighted by Crippen LogP contribution is 2.24. The molecule has 0 aromatic rings. The second-order valence-corrected chi connectivity index (χ2v) is 3.17. The van der Waals surface area contributed by atoms with Crippen LogP contribution >= 0.6 is 0 Å². The highest BCUT2D eigenvalue weighted by Gasteiger charge is 2.30. The quantitative estimate of drug-likeness (QED) is 0.618. The lowest BCUT2D eigenvalue weighted by atomic mass is 9.97. The molecule has 0 aromatic heterocycles. The number of carboxylic acid groups (broad SMARTS) is 1. The number of ether oxygens (including phenoxy) is 1. The molecule has 0 amide bonds. The molecule has 1 aliphatic heterocycles. The van der Waals surface area contributed by atoms with Crippen LogP contribution in [0.3, 0.4) is 0 Å². The molecule has 0 aromatic carbocycles. The molecule has 0 bridgehead atoms. The van der Waals surface area contributed by atoms with Gasteiger partial charge in [0.15, 0.2) is 0 Å². The third-order valence-corrected chi connectivity index (χ3v) is 2.01. The van der Waals surface area contributed by atoms with Gasteiger partial charge < -0.3 is 9.84 Å². The Bertz CT molecular complexity index is 152. The van der Waals surface area contributed by atoms with Crippen LogP contribution in [0.15, 0.2) is 0 Å². The van der Waals surface area contributed by atoms with Crippen LogP contribution in [0.2, 0.25) is 0 Å². The first kappa shape index (κ1) is 9.52. The van der Waals surface area contributed by atoms with E-state index < -0.39 is 5.97 Å². The number of carbonyl (C=O) groups is 1. The van der Waals surface area contributed by atoms with E-state index >= 15 is 0 Å². The van der Waals surface area contributed by atoms with E-state index in [9.17, 15) is 4.79 Å². The van der Waals surface area contributed by atoms with Gasteiger partial charge in [-0.25, -0.2) is 0 Å². The maximum Gasteiger partial charge on any atom is 0.310 e. The Morgan fingerprint density at radius 2 is 2.33 bits per heavy atom. The first-order chi connectivity index (χ1) is 5.74. The average molecular weight is 171 g/mol. The summed E-state index contributed by atoms with van der Waals surface area (Å²) in [5.41, 5.74) is 0. The highest BCUT2D eigenvalue weighted by atomic mass is 16.6. The number of aliphatic carboxylic acids is 1. The van der Waals surface area contributed by atoms with Gasteiger partial charge in [0, 0.05) is 0 Å². The van der Waals surface area contributed by atoms with Crippen molar-refractivity contribution in [1.82, 2.24) is 0 Å². The van der Waals surface area contributed by atoms with E-state index in [-0.39, 0.29) is 6.10 Å². The highest BCUT2D eigenvalue weighted by molar-refractivity contribution is 5.82. The fourth-order valence-electron chi connectivity index (χ4n) is 1.15. The van der Waals surface area contributed by atoms with Gasteiger partial charge >= 0.3 is 5.97 Å². The fourth-order valence-corrected chi connectivity index (χ4v) is 1.15. The Balaban J connectivity index is 2.21. The van der Waals surface area contributed by atoms with Gasteiger partial charge in [-0.1, -0.05) is 19.8 Å². The van der Waals surface area contributed by atoms with Crippen molar-refractivity contribution in [3.63, 3.8) is 0 Å². The third-order valence-electron chi connectivity index (χ3n) is 2.01. The molecule has 1 N–H and O–H groups in total. The number of hydrogen-bond acceptors (Lipinski definition) is 2. The number of hydrogen-bond donors (Lipinski definition) is 1. The van der Waals surface area contributed by atoms with Crippen molar-refractivity contribution in [1.29, 1.82) is 0 Å². The van der Waals surface area contributed by atoms with Gasteiger partial charge in [0.25, 0.3) is 0 Å². The fraction of sp³-hybridized carbons (Fsp3) is 0.778. The van der Waals surface area contributed by atoms with Crippen molar-refractivity contribution in [2.24, 2.45) is 0 Å². The van der Waals surface area contributed by atoms with Crippen LogP contribution in [-0.2, 0) is 9.53 Å². The smallest absolute Gasteiger partial charge is 0.310 e. The van der Waals surface area contributed by atoms with Gasteiger partial charge in [0.05, 0.1) is 18.6 Å². The molecular formula is C9H15O3. The molecule has 1 atom stereocenters. The zero-order chi connectivity index (χ0) is 8.97. The summed E-state index contributed by atoms with van der Waals surface area (Å²) in [4.78, 5) is 10.7. The van der Waals surface area contributed by atoms with Gasteiger partial charge in [-0.3, -0.25) is 4.79 Å². The Morgan fingerprint density at radius 3 is 2.75 bits per heavy atom. The molecule has 69 valence electrons. The minimum Gasteiger partial charge on any atom is -0.481 e. The largest absolute Gasteiger partial charge is 0.481 e. The second kappa shape index (κ2) is 4.45. The average Bonchev–Trinajstić information content (AvgIpc) is 2.80. The lowest BCUT2D eigenvalue weighted by Gasteiger charge is -2.07. The molecule has 1 saturated heterocycles.